The van der Waals surface area contributed by atoms with Crippen molar-refractivity contribution in [2.75, 3.05) is 12.3 Å². The van der Waals surface area contributed by atoms with E-state index in [1.807, 2.05) is 50.2 Å². The molecule has 7 heteroatoms. The maximum atomic E-state index is 13.6. The van der Waals surface area contributed by atoms with Crippen LogP contribution in [0.25, 0.3) is 33.2 Å². The third-order valence-electron chi connectivity index (χ3n) is 6.59. The zero-order valence-corrected chi connectivity index (χ0v) is 21.1. The van der Waals surface area contributed by atoms with Crippen molar-refractivity contribution in [2.45, 2.75) is 31.7 Å². The number of nitrogens with zero attached hydrogens (tertiary/aromatic N) is 1. The highest BCUT2D eigenvalue weighted by molar-refractivity contribution is 7.91. The molecule has 2 N–H and O–H groups in total. The average molecular weight is 501 g/mol. The normalized spacial score (nSPS) is 12.8. The fourth-order valence-electron chi connectivity index (χ4n) is 5.03. The van der Waals surface area contributed by atoms with Gasteiger partial charge >= 0.3 is 0 Å². The molecule has 184 valence electrons. The van der Waals surface area contributed by atoms with E-state index >= 15 is 0 Å². The summed E-state index contributed by atoms with van der Waals surface area (Å²) in [6.07, 6.45) is 0.615. The molecule has 0 saturated heterocycles. The number of carbonyl (C=O) groups is 1. The van der Waals surface area contributed by atoms with E-state index in [0.29, 0.717) is 52.7 Å². The van der Waals surface area contributed by atoms with Crippen LogP contribution >= 0.6 is 0 Å². The molecule has 1 aromatic heterocycles. The quantitative estimate of drug-likeness (QED) is 0.350. The number of rotatable bonds is 7. The number of fused-ring (bicyclic) bond motifs is 5. The van der Waals surface area contributed by atoms with Crippen LogP contribution in [-0.2, 0) is 16.4 Å². The van der Waals surface area contributed by atoms with Gasteiger partial charge in [-0.25, -0.2) is 8.42 Å². The Balaban J connectivity index is 1.74. The number of hydrogen-bond donors (Lipinski definition) is 1. The van der Waals surface area contributed by atoms with Crippen molar-refractivity contribution in [3.05, 3.63) is 88.2 Å². The lowest BCUT2D eigenvalue weighted by Crippen LogP contribution is -2.24. The standard InChI is InChI=1S/C29H28N2O4S/c1-18(2)17-36(34,35)21-8-5-7-19(15-21)20-11-12-24-25(16-20)26-27(31(29(24)33)14-6-13-30)22-9-3-4-10-23(22)28(26)32/h3-5,7-12,15-16,18H,6,13-14,17,30H2,1-2H3. The number of benzene rings is 3. The molecule has 4 aromatic rings. The van der Waals surface area contributed by atoms with Crippen LogP contribution in [0, 0.1) is 5.92 Å². The van der Waals surface area contributed by atoms with Gasteiger partial charge in [0.1, 0.15) is 0 Å². The molecule has 0 bridgehead atoms. The van der Waals surface area contributed by atoms with Crippen LogP contribution in [0.4, 0.5) is 0 Å². The second-order valence-electron chi connectivity index (χ2n) is 9.66. The fourth-order valence-corrected chi connectivity index (χ4v) is 6.69. The number of pyridine rings is 1. The fraction of sp³-hybridized carbons (Fsp3) is 0.241. The summed E-state index contributed by atoms with van der Waals surface area (Å²) < 4.78 is 27.3. The molecule has 0 radical (unpaired) electrons. The molecule has 1 aliphatic rings. The average Bonchev–Trinajstić information content (AvgIpc) is 3.16. The van der Waals surface area contributed by atoms with Gasteiger partial charge in [-0.15, -0.1) is 0 Å². The first-order valence-electron chi connectivity index (χ1n) is 12.1. The lowest BCUT2D eigenvalue weighted by atomic mass is 9.97. The first-order chi connectivity index (χ1) is 17.2. The van der Waals surface area contributed by atoms with Gasteiger partial charge in [0.05, 0.1) is 21.9 Å². The highest BCUT2D eigenvalue weighted by Gasteiger charge is 2.32. The van der Waals surface area contributed by atoms with Crippen molar-refractivity contribution in [3.63, 3.8) is 0 Å². The summed E-state index contributed by atoms with van der Waals surface area (Å²) in [6, 6.07) is 19.6. The summed E-state index contributed by atoms with van der Waals surface area (Å²) in [7, 11) is -3.43. The van der Waals surface area contributed by atoms with Gasteiger partial charge in [-0.2, -0.15) is 0 Å². The van der Waals surface area contributed by atoms with E-state index in [1.165, 1.54) is 0 Å². The predicted octanol–water partition coefficient (Wildman–Crippen LogP) is 4.66. The van der Waals surface area contributed by atoms with Crippen LogP contribution in [0.1, 0.15) is 36.2 Å². The summed E-state index contributed by atoms with van der Waals surface area (Å²) in [4.78, 5) is 27.4. The van der Waals surface area contributed by atoms with E-state index in [0.717, 1.165) is 11.1 Å². The Morgan fingerprint density at radius 1 is 0.861 bits per heavy atom. The highest BCUT2D eigenvalue weighted by atomic mass is 32.2. The zero-order valence-electron chi connectivity index (χ0n) is 20.3. The highest BCUT2D eigenvalue weighted by Crippen LogP contribution is 2.40. The Labute approximate surface area is 210 Å². The molecule has 5 rings (SSSR count). The minimum Gasteiger partial charge on any atom is -0.330 e. The largest absolute Gasteiger partial charge is 0.330 e. The Morgan fingerprint density at radius 2 is 1.58 bits per heavy atom. The number of ketones is 1. The second kappa shape index (κ2) is 9.15. The molecule has 0 saturated carbocycles. The van der Waals surface area contributed by atoms with Crippen LogP contribution < -0.4 is 11.3 Å². The molecule has 3 aromatic carbocycles. The van der Waals surface area contributed by atoms with Crippen molar-refractivity contribution in [2.24, 2.45) is 11.7 Å². The van der Waals surface area contributed by atoms with Crippen LogP contribution in [0.3, 0.4) is 0 Å². The SMILES string of the molecule is CC(C)CS(=O)(=O)c1cccc(-c2ccc3c(=O)n(CCCN)c4c(c3c2)C(=O)c2ccccc2-4)c1. The Kier molecular flexibility index (Phi) is 6.14. The van der Waals surface area contributed by atoms with E-state index in [-0.39, 0.29) is 27.9 Å². The van der Waals surface area contributed by atoms with E-state index in [1.54, 1.807) is 34.9 Å². The van der Waals surface area contributed by atoms with Gasteiger partial charge in [-0.3, -0.25) is 9.59 Å². The second-order valence-corrected chi connectivity index (χ2v) is 11.7. The molecule has 0 amide bonds. The topological polar surface area (TPSA) is 99.2 Å². The molecule has 0 spiro atoms. The van der Waals surface area contributed by atoms with E-state index in [4.69, 9.17) is 5.73 Å². The maximum Gasteiger partial charge on any atom is 0.258 e. The van der Waals surface area contributed by atoms with Gasteiger partial charge in [-0.1, -0.05) is 56.3 Å². The molecule has 6 nitrogen and oxygen atoms in total. The van der Waals surface area contributed by atoms with Crippen molar-refractivity contribution in [3.8, 4) is 22.4 Å². The van der Waals surface area contributed by atoms with Crippen LogP contribution in [0.2, 0.25) is 0 Å². The van der Waals surface area contributed by atoms with Crippen molar-refractivity contribution in [1.29, 1.82) is 0 Å². The summed E-state index contributed by atoms with van der Waals surface area (Å²) in [5.41, 5.74) is 9.49. The summed E-state index contributed by atoms with van der Waals surface area (Å²) in [5, 5.41) is 1.03. The predicted molar refractivity (Wildman–Crippen MR) is 143 cm³/mol. The van der Waals surface area contributed by atoms with Gasteiger partial charge in [0, 0.05) is 28.4 Å². The minimum absolute atomic E-state index is 0.0102. The van der Waals surface area contributed by atoms with E-state index < -0.39 is 9.84 Å². The summed E-state index contributed by atoms with van der Waals surface area (Å²) in [6.45, 7) is 4.61. The summed E-state index contributed by atoms with van der Waals surface area (Å²) >= 11 is 0. The third-order valence-corrected chi connectivity index (χ3v) is 8.67. The molecule has 1 aliphatic carbocycles. The van der Waals surface area contributed by atoms with E-state index in [9.17, 15) is 18.0 Å². The zero-order chi connectivity index (χ0) is 25.6. The lowest BCUT2D eigenvalue weighted by Gasteiger charge is -2.16. The molecular formula is C29H28N2O4S. The smallest absolute Gasteiger partial charge is 0.258 e. The van der Waals surface area contributed by atoms with Gasteiger partial charge in [0.2, 0.25) is 0 Å². The Morgan fingerprint density at radius 3 is 2.31 bits per heavy atom. The summed E-state index contributed by atoms with van der Waals surface area (Å²) in [5.74, 6) is -0.0370. The van der Waals surface area contributed by atoms with Gasteiger partial charge < -0.3 is 10.3 Å². The van der Waals surface area contributed by atoms with Gasteiger partial charge in [-0.05, 0) is 54.3 Å². The monoisotopic (exact) mass is 500 g/mol. The maximum absolute atomic E-state index is 13.6. The van der Waals surface area contributed by atoms with Gasteiger partial charge in [0.15, 0.2) is 15.6 Å². The number of carbonyl (C=O) groups excluding carboxylic acids is 1. The molecule has 1 heterocycles. The minimum atomic E-state index is -3.43. The number of hydrogen-bond acceptors (Lipinski definition) is 5. The first kappa shape index (κ1) is 24.2. The third kappa shape index (κ3) is 3.98. The number of aromatic nitrogens is 1. The van der Waals surface area contributed by atoms with Crippen molar-refractivity contribution >= 4 is 26.4 Å². The van der Waals surface area contributed by atoms with Crippen molar-refractivity contribution < 1.29 is 13.2 Å². The van der Waals surface area contributed by atoms with Crippen LogP contribution in [-0.4, -0.2) is 31.1 Å². The molecule has 0 unspecified atom stereocenters. The lowest BCUT2D eigenvalue weighted by molar-refractivity contribution is 0.104. The number of nitrogens with two attached hydrogens (primary N) is 1. The molecule has 0 fully saturated rings. The van der Waals surface area contributed by atoms with Crippen molar-refractivity contribution in [1.82, 2.24) is 4.57 Å². The van der Waals surface area contributed by atoms with Crippen LogP contribution in [0.5, 0.6) is 0 Å². The molecular weight excluding hydrogens is 472 g/mol. The van der Waals surface area contributed by atoms with Gasteiger partial charge in [0.25, 0.3) is 5.56 Å². The number of sulfone groups is 1. The Bertz CT molecular complexity index is 1680. The van der Waals surface area contributed by atoms with E-state index in [2.05, 4.69) is 0 Å². The molecule has 0 aliphatic heterocycles. The first-order valence-corrected chi connectivity index (χ1v) is 13.8. The molecule has 36 heavy (non-hydrogen) atoms. The Hall–Kier alpha value is -3.55. The van der Waals surface area contributed by atoms with Crippen LogP contribution in [0.15, 0.2) is 76.4 Å². The molecule has 0 atom stereocenters.